The van der Waals surface area contributed by atoms with E-state index in [1.165, 1.54) is 16.4 Å². The van der Waals surface area contributed by atoms with Crippen LogP contribution in [0.2, 0.25) is 5.02 Å². The Morgan fingerprint density at radius 3 is 2.52 bits per heavy atom. The lowest BCUT2D eigenvalue weighted by molar-refractivity contribution is -0.113. The normalized spacial score (nSPS) is 10.6. The van der Waals surface area contributed by atoms with Crippen molar-refractivity contribution in [2.45, 2.75) is 5.16 Å². The van der Waals surface area contributed by atoms with Gasteiger partial charge >= 0.3 is 0 Å². The molecule has 0 fully saturated rings. The molecule has 2 aromatic carbocycles. The first-order valence-electron chi connectivity index (χ1n) is 7.17. The van der Waals surface area contributed by atoms with E-state index < -0.39 is 0 Å². The van der Waals surface area contributed by atoms with Gasteiger partial charge in [-0.15, -0.1) is 10.2 Å². The topological polar surface area (TPSA) is 85.8 Å². The minimum atomic E-state index is -0.137. The molecule has 6 nitrogen and oxygen atoms in total. The predicted molar refractivity (Wildman–Crippen MR) is 109 cm³/mol. The number of nitrogens with one attached hydrogen (secondary N) is 1. The minimum Gasteiger partial charge on any atom is -0.335 e. The van der Waals surface area contributed by atoms with Gasteiger partial charge in [0.1, 0.15) is 0 Å². The maximum Gasteiger partial charge on any atom is 0.234 e. The molecule has 128 valence electrons. The third-order valence-electron chi connectivity index (χ3n) is 3.23. The van der Waals surface area contributed by atoms with Crippen molar-refractivity contribution in [3.63, 3.8) is 0 Å². The Morgan fingerprint density at radius 2 is 1.84 bits per heavy atom. The lowest BCUT2D eigenvalue weighted by atomic mass is 10.2. The molecule has 0 aliphatic carbocycles. The lowest BCUT2D eigenvalue weighted by Gasteiger charge is -2.06. The quantitative estimate of drug-likeness (QED) is 0.327. The fraction of sp³-hybridized carbons (Fsp3) is 0.0625. The standard InChI is InChI=1S/C16H13ClIN5OS/c17-11-3-1-10(2-4-11)15-21-22-16(23(15)19)25-9-14(24)20-13-7-5-12(18)6-8-13/h1-8H,9,19H2,(H,20,24). The number of carbonyl (C=O) groups is 1. The molecule has 0 saturated heterocycles. The van der Waals surface area contributed by atoms with Crippen molar-refractivity contribution in [1.82, 2.24) is 14.9 Å². The highest BCUT2D eigenvalue weighted by Crippen LogP contribution is 2.23. The summed E-state index contributed by atoms with van der Waals surface area (Å²) in [6.07, 6.45) is 0. The summed E-state index contributed by atoms with van der Waals surface area (Å²) in [6, 6.07) is 14.7. The van der Waals surface area contributed by atoms with Gasteiger partial charge < -0.3 is 11.2 Å². The molecular weight excluding hydrogens is 473 g/mol. The Morgan fingerprint density at radius 1 is 1.16 bits per heavy atom. The lowest BCUT2D eigenvalue weighted by Crippen LogP contribution is -2.16. The van der Waals surface area contributed by atoms with Crippen LogP contribution >= 0.6 is 46.0 Å². The third kappa shape index (κ3) is 4.65. The summed E-state index contributed by atoms with van der Waals surface area (Å²) >= 11 is 9.31. The van der Waals surface area contributed by atoms with E-state index in [4.69, 9.17) is 17.4 Å². The molecule has 3 N–H and O–H groups in total. The Labute approximate surface area is 167 Å². The van der Waals surface area contributed by atoms with Gasteiger partial charge in [0, 0.05) is 19.8 Å². The molecule has 0 aliphatic rings. The Balaban J connectivity index is 1.62. The summed E-state index contributed by atoms with van der Waals surface area (Å²) in [5, 5.41) is 12.0. The van der Waals surface area contributed by atoms with Gasteiger partial charge in [-0.2, -0.15) is 0 Å². The molecule has 0 atom stereocenters. The van der Waals surface area contributed by atoms with Crippen LogP contribution in [0, 0.1) is 3.57 Å². The molecule has 0 saturated carbocycles. The summed E-state index contributed by atoms with van der Waals surface area (Å²) in [4.78, 5) is 12.0. The summed E-state index contributed by atoms with van der Waals surface area (Å²) in [6.45, 7) is 0. The number of halogens is 2. The zero-order valence-corrected chi connectivity index (χ0v) is 16.5. The number of rotatable bonds is 5. The van der Waals surface area contributed by atoms with Gasteiger partial charge in [-0.3, -0.25) is 4.79 Å². The molecule has 0 aliphatic heterocycles. The van der Waals surface area contributed by atoms with Crippen LogP contribution in [0.4, 0.5) is 5.69 Å². The van der Waals surface area contributed by atoms with Crippen molar-refractivity contribution < 1.29 is 4.79 Å². The number of anilines is 1. The number of amides is 1. The monoisotopic (exact) mass is 485 g/mol. The largest absolute Gasteiger partial charge is 0.335 e. The maximum atomic E-state index is 12.0. The summed E-state index contributed by atoms with van der Waals surface area (Å²) < 4.78 is 2.47. The molecule has 0 radical (unpaired) electrons. The van der Waals surface area contributed by atoms with Crippen LogP contribution in [0.25, 0.3) is 11.4 Å². The van der Waals surface area contributed by atoms with Crippen molar-refractivity contribution >= 4 is 57.5 Å². The number of hydrogen-bond donors (Lipinski definition) is 2. The molecular formula is C16H13ClIN5OS. The fourth-order valence-electron chi connectivity index (χ4n) is 2.03. The van der Waals surface area contributed by atoms with Gasteiger partial charge in [0.15, 0.2) is 5.82 Å². The summed E-state index contributed by atoms with van der Waals surface area (Å²) in [5.41, 5.74) is 1.55. The summed E-state index contributed by atoms with van der Waals surface area (Å²) in [5.74, 6) is 6.59. The van der Waals surface area contributed by atoms with Crippen molar-refractivity contribution in [3.8, 4) is 11.4 Å². The van der Waals surface area contributed by atoms with Crippen molar-refractivity contribution in [1.29, 1.82) is 0 Å². The van der Waals surface area contributed by atoms with Crippen molar-refractivity contribution in [3.05, 3.63) is 57.1 Å². The van der Waals surface area contributed by atoms with Crippen molar-refractivity contribution in [2.24, 2.45) is 0 Å². The van der Waals surface area contributed by atoms with Gasteiger partial charge in [0.05, 0.1) is 5.75 Å². The molecule has 0 spiro atoms. The molecule has 0 unspecified atom stereocenters. The van der Waals surface area contributed by atoms with Crippen LogP contribution in [-0.2, 0) is 4.79 Å². The van der Waals surface area contributed by atoms with Gasteiger partial charge in [-0.1, -0.05) is 23.4 Å². The number of aromatic nitrogens is 3. The van der Waals surface area contributed by atoms with E-state index in [9.17, 15) is 4.79 Å². The van der Waals surface area contributed by atoms with Crippen LogP contribution in [0.3, 0.4) is 0 Å². The van der Waals surface area contributed by atoms with Gasteiger partial charge in [0.25, 0.3) is 0 Å². The first-order valence-corrected chi connectivity index (χ1v) is 9.62. The maximum absolute atomic E-state index is 12.0. The fourth-order valence-corrected chi connectivity index (χ4v) is 3.17. The number of nitrogens with zero attached hydrogens (tertiary/aromatic N) is 3. The average Bonchev–Trinajstić information content (AvgIpc) is 2.97. The zero-order valence-electron chi connectivity index (χ0n) is 12.8. The van der Waals surface area contributed by atoms with E-state index in [0.29, 0.717) is 16.0 Å². The predicted octanol–water partition coefficient (Wildman–Crippen LogP) is 3.65. The Kier molecular flexibility index (Phi) is 5.82. The number of nitrogen functional groups attached to an aromatic ring is 1. The van der Waals surface area contributed by atoms with E-state index in [1.54, 1.807) is 12.1 Å². The molecule has 25 heavy (non-hydrogen) atoms. The van der Waals surface area contributed by atoms with Gasteiger partial charge in [0.2, 0.25) is 11.1 Å². The van der Waals surface area contributed by atoms with Crippen molar-refractivity contribution in [2.75, 3.05) is 16.9 Å². The SMILES string of the molecule is Nn1c(SCC(=O)Nc2ccc(I)cc2)nnc1-c1ccc(Cl)cc1. The van der Waals surface area contributed by atoms with E-state index in [1.807, 2.05) is 36.4 Å². The number of hydrogen-bond acceptors (Lipinski definition) is 5. The number of benzene rings is 2. The molecule has 3 aromatic rings. The number of nitrogens with two attached hydrogens (primary N) is 1. The second-order valence-electron chi connectivity index (χ2n) is 5.03. The average molecular weight is 486 g/mol. The van der Waals surface area contributed by atoms with Crippen LogP contribution < -0.4 is 11.2 Å². The van der Waals surface area contributed by atoms with Crippen LogP contribution in [-0.4, -0.2) is 26.5 Å². The summed E-state index contributed by atoms with van der Waals surface area (Å²) in [7, 11) is 0. The third-order valence-corrected chi connectivity index (χ3v) is 5.14. The Bertz CT molecular complexity index is 883. The first-order chi connectivity index (χ1) is 12.0. The first kappa shape index (κ1) is 18.0. The molecule has 9 heteroatoms. The molecule has 1 heterocycles. The zero-order chi connectivity index (χ0) is 17.8. The molecule has 1 amide bonds. The number of thioether (sulfide) groups is 1. The van der Waals surface area contributed by atoms with E-state index in [-0.39, 0.29) is 11.7 Å². The van der Waals surface area contributed by atoms with Crippen LogP contribution in [0.15, 0.2) is 53.7 Å². The molecule has 3 rings (SSSR count). The smallest absolute Gasteiger partial charge is 0.234 e. The highest BCUT2D eigenvalue weighted by atomic mass is 127. The highest BCUT2D eigenvalue weighted by molar-refractivity contribution is 14.1. The number of carbonyl (C=O) groups excluding carboxylic acids is 1. The molecule has 0 bridgehead atoms. The second-order valence-corrected chi connectivity index (χ2v) is 7.65. The molecule has 1 aromatic heterocycles. The van der Waals surface area contributed by atoms with Crippen LogP contribution in [0.5, 0.6) is 0 Å². The van der Waals surface area contributed by atoms with E-state index >= 15 is 0 Å². The second kappa shape index (κ2) is 8.07. The van der Waals surface area contributed by atoms with Gasteiger partial charge in [-0.05, 0) is 71.1 Å². The van der Waals surface area contributed by atoms with Crippen LogP contribution in [0.1, 0.15) is 0 Å². The Hall–Kier alpha value is -1.78. The van der Waals surface area contributed by atoms with E-state index in [0.717, 1.165) is 14.8 Å². The van der Waals surface area contributed by atoms with E-state index in [2.05, 4.69) is 38.1 Å². The van der Waals surface area contributed by atoms with Gasteiger partial charge in [-0.25, -0.2) is 4.68 Å². The highest BCUT2D eigenvalue weighted by Gasteiger charge is 2.14. The minimum absolute atomic E-state index is 0.137.